The molecule has 1 aliphatic rings. The second-order valence-electron chi connectivity index (χ2n) is 13.4. The molecule has 1 atom stereocenters. The van der Waals surface area contributed by atoms with E-state index in [9.17, 15) is 14.9 Å². The SMILES string of the molecule is Cc1nc(F)ccc1C(Nc1cc(C#N)c2ncc(C#N)c(NCC(C)(C)C)c2c1)c1cn(C2(C(C)(C)C)CC2)nn1. The van der Waals surface area contributed by atoms with Crippen LogP contribution in [-0.2, 0) is 5.54 Å². The quantitative estimate of drug-likeness (QED) is 0.240. The minimum atomic E-state index is -0.564. The van der Waals surface area contributed by atoms with Gasteiger partial charge in [-0.2, -0.15) is 14.9 Å². The van der Waals surface area contributed by atoms with Gasteiger partial charge in [0.05, 0.1) is 40.1 Å². The van der Waals surface area contributed by atoms with E-state index in [0.29, 0.717) is 51.3 Å². The van der Waals surface area contributed by atoms with Crippen LogP contribution in [-0.4, -0.2) is 31.5 Å². The number of nitrogens with zero attached hydrogens (tertiary/aromatic N) is 7. The van der Waals surface area contributed by atoms with Crippen LogP contribution in [0.5, 0.6) is 0 Å². The second-order valence-corrected chi connectivity index (χ2v) is 13.4. The van der Waals surface area contributed by atoms with Gasteiger partial charge in [0.25, 0.3) is 0 Å². The highest BCUT2D eigenvalue weighted by atomic mass is 19.1. The number of fused-ring (bicyclic) bond motifs is 1. The summed E-state index contributed by atoms with van der Waals surface area (Å²) in [5.41, 5.74) is 4.24. The summed E-state index contributed by atoms with van der Waals surface area (Å²) in [4.78, 5) is 8.52. The van der Waals surface area contributed by atoms with Gasteiger partial charge in [-0.05, 0) is 48.8 Å². The van der Waals surface area contributed by atoms with E-state index in [0.717, 1.165) is 18.4 Å². The van der Waals surface area contributed by atoms with E-state index in [2.05, 4.69) is 84.6 Å². The van der Waals surface area contributed by atoms with E-state index in [1.54, 1.807) is 19.1 Å². The number of benzene rings is 1. The number of hydrogen-bond donors (Lipinski definition) is 2. The maximum atomic E-state index is 14.0. The average molecular weight is 566 g/mol. The number of aromatic nitrogens is 5. The predicted octanol–water partition coefficient (Wildman–Crippen LogP) is 6.61. The highest BCUT2D eigenvalue weighted by Gasteiger charge is 2.54. The molecule has 216 valence electrons. The molecule has 4 aromatic rings. The predicted molar refractivity (Wildman–Crippen MR) is 160 cm³/mol. The Morgan fingerprint density at radius 1 is 1.07 bits per heavy atom. The highest BCUT2D eigenvalue weighted by molar-refractivity contribution is 5.99. The van der Waals surface area contributed by atoms with Crippen molar-refractivity contribution in [3.63, 3.8) is 0 Å². The minimum Gasteiger partial charge on any atom is -0.383 e. The minimum absolute atomic E-state index is 0.00378. The third-order valence-electron chi connectivity index (χ3n) is 8.09. The summed E-state index contributed by atoms with van der Waals surface area (Å²) in [5, 5.41) is 36.7. The Morgan fingerprint density at radius 3 is 2.38 bits per heavy atom. The number of hydrogen-bond acceptors (Lipinski definition) is 8. The van der Waals surface area contributed by atoms with Crippen LogP contribution in [0.4, 0.5) is 15.8 Å². The average Bonchev–Trinajstić information content (AvgIpc) is 3.61. The van der Waals surface area contributed by atoms with Crippen LogP contribution in [0, 0.1) is 46.4 Å². The van der Waals surface area contributed by atoms with Crippen molar-refractivity contribution in [3.8, 4) is 12.1 Å². The van der Waals surface area contributed by atoms with E-state index >= 15 is 0 Å². The van der Waals surface area contributed by atoms with Gasteiger partial charge in [-0.15, -0.1) is 5.10 Å². The zero-order valence-corrected chi connectivity index (χ0v) is 25.2. The Kier molecular flexibility index (Phi) is 7.14. The molecule has 1 saturated carbocycles. The van der Waals surface area contributed by atoms with Gasteiger partial charge in [0.2, 0.25) is 5.95 Å². The van der Waals surface area contributed by atoms with Crippen molar-refractivity contribution < 1.29 is 4.39 Å². The van der Waals surface area contributed by atoms with E-state index in [1.807, 2.05) is 16.9 Å². The number of anilines is 2. The lowest BCUT2D eigenvalue weighted by molar-refractivity contribution is 0.195. The normalized spacial score (nSPS) is 15.1. The highest BCUT2D eigenvalue weighted by Crippen LogP contribution is 2.55. The molecule has 0 spiro atoms. The largest absolute Gasteiger partial charge is 0.383 e. The third kappa shape index (κ3) is 5.37. The standard InChI is InChI=1S/C32H36FN9/c1-19-23(8-9-26(33)38-19)29(25-17-42(41-40-25)32(10-11-32)31(5,6)7)39-22-12-20(14-34)27-24(13-22)28(21(15-35)16-36-27)37-18-30(2,3)4/h8-9,12-13,16-17,29,39H,10-11,18H2,1-7H3,(H,36,37). The summed E-state index contributed by atoms with van der Waals surface area (Å²) in [6.45, 7) is 15.3. The Morgan fingerprint density at radius 2 is 1.79 bits per heavy atom. The first-order valence-electron chi connectivity index (χ1n) is 14.1. The van der Waals surface area contributed by atoms with Crippen molar-refractivity contribution in [1.82, 2.24) is 25.0 Å². The molecule has 3 aromatic heterocycles. The van der Waals surface area contributed by atoms with Gasteiger partial charge < -0.3 is 10.6 Å². The number of nitrogens with one attached hydrogen (secondary N) is 2. The second kappa shape index (κ2) is 10.4. The smallest absolute Gasteiger partial charge is 0.213 e. The number of nitriles is 2. The monoisotopic (exact) mass is 565 g/mol. The Hall–Kier alpha value is -4.57. The van der Waals surface area contributed by atoms with E-state index in [4.69, 9.17) is 0 Å². The summed E-state index contributed by atoms with van der Waals surface area (Å²) in [5.74, 6) is -0.564. The lowest BCUT2D eigenvalue weighted by atomic mass is 9.84. The van der Waals surface area contributed by atoms with Gasteiger partial charge in [-0.3, -0.25) is 4.98 Å². The third-order valence-corrected chi connectivity index (χ3v) is 8.09. The van der Waals surface area contributed by atoms with Gasteiger partial charge in [-0.1, -0.05) is 52.8 Å². The zero-order chi connectivity index (χ0) is 30.4. The van der Waals surface area contributed by atoms with E-state index in [-0.39, 0.29) is 16.4 Å². The molecule has 9 nitrogen and oxygen atoms in total. The van der Waals surface area contributed by atoms with E-state index < -0.39 is 12.0 Å². The first-order valence-corrected chi connectivity index (χ1v) is 14.1. The van der Waals surface area contributed by atoms with Gasteiger partial charge in [0, 0.05) is 35.1 Å². The van der Waals surface area contributed by atoms with Crippen LogP contribution >= 0.6 is 0 Å². The van der Waals surface area contributed by atoms with Crippen LogP contribution in [0.2, 0.25) is 0 Å². The van der Waals surface area contributed by atoms with Crippen molar-refractivity contribution >= 4 is 22.3 Å². The lowest BCUT2D eigenvalue weighted by Crippen LogP contribution is -2.33. The summed E-state index contributed by atoms with van der Waals surface area (Å²) in [7, 11) is 0. The maximum absolute atomic E-state index is 14.0. The van der Waals surface area contributed by atoms with Gasteiger partial charge in [-0.25, -0.2) is 9.67 Å². The molecule has 2 N–H and O–H groups in total. The van der Waals surface area contributed by atoms with E-state index in [1.165, 1.54) is 12.3 Å². The molecule has 1 fully saturated rings. The Labute approximate surface area is 245 Å². The van der Waals surface area contributed by atoms with Crippen molar-refractivity contribution in [2.24, 2.45) is 10.8 Å². The van der Waals surface area contributed by atoms with Crippen molar-refractivity contribution in [2.75, 3.05) is 17.2 Å². The first-order chi connectivity index (χ1) is 19.8. The Bertz CT molecular complexity index is 1740. The van der Waals surface area contributed by atoms with Gasteiger partial charge in [0.15, 0.2) is 0 Å². The number of pyridine rings is 2. The molecule has 10 heteroatoms. The summed E-state index contributed by atoms with van der Waals surface area (Å²) >= 11 is 0. The lowest BCUT2D eigenvalue weighted by Gasteiger charge is -2.30. The van der Waals surface area contributed by atoms with Crippen molar-refractivity contribution in [2.45, 2.75) is 72.9 Å². The van der Waals surface area contributed by atoms with Gasteiger partial charge in [0.1, 0.15) is 17.8 Å². The molecule has 1 aromatic carbocycles. The summed E-state index contributed by atoms with van der Waals surface area (Å²) in [6, 6.07) is 10.6. The molecule has 3 heterocycles. The fourth-order valence-electron chi connectivity index (χ4n) is 5.48. The molecule has 42 heavy (non-hydrogen) atoms. The zero-order valence-electron chi connectivity index (χ0n) is 25.2. The van der Waals surface area contributed by atoms with Crippen LogP contribution in [0.25, 0.3) is 10.9 Å². The van der Waals surface area contributed by atoms with Crippen molar-refractivity contribution in [3.05, 3.63) is 70.7 Å². The molecule has 0 amide bonds. The Balaban J connectivity index is 1.64. The number of rotatable bonds is 7. The van der Waals surface area contributed by atoms with Gasteiger partial charge >= 0.3 is 0 Å². The van der Waals surface area contributed by atoms with Crippen LogP contribution in [0.3, 0.4) is 0 Å². The van der Waals surface area contributed by atoms with Crippen molar-refractivity contribution in [1.29, 1.82) is 10.5 Å². The molecule has 0 saturated heterocycles. The fraction of sp³-hybridized carbons (Fsp3) is 0.438. The molecule has 1 aliphatic carbocycles. The van der Waals surface area contributed by atoms with Crippen LogP contribution < -0.4 is 10.6 Å². The number of halogens is 1. The molecule has 0 aliphatic heterocycles. The molecule has 0 radical (unpaired) electrons. The fourth-order valence-corrected chi connectivity index (χ4v) is 5.48. The first kappa shape index (κ1) is 28.9. The molecule has 5 rings (SSSR count). The summed E-state index contributed by atoms with van der Waals surface area (Å²) < 4.78 is 16.0. The topological polar surface area (TPSA) is 128 Å². The molecular formula is C32H36FN9. The number of aryl methyl sites for hydroxylation is 1. The maximum Gasteiger partial charge on any atom is 0.213 e. The molecule has 1 unspecified atom stereocenters. The van der Waals surface area contributed by atoms with Crippen LogP contribution in [0.15, 0.2) is 36.7 Å². The molecular weight excluding hydrogens is 529 g/mol. The summed E-state index contributed by atoms with van der Waals surface area (Å²) in [6.07, 6.45) is 5.49. The van der Waals surface area contributed by atoms with Crippen LogP contribution in [0.1, 0.15) is 88.5 Å². The molecule has 0 bridgehead atoms.